The van der Waals surface area contributed by atoms with Crippen molar-refractivity contribution in [3.05, 3.63) is 90.9 Å². The molecule has 3 amide bonds. The van der Waals surface area contributed by atoms with Gasteiger partial charge < -0.3 is 14.8 Å². The van der Waals surface area contributed by atoms with Crippen molar-refractivity contribution in [2.45, 2.75) is 20.5 Å². The predicted molar refractivity (Wildman–Crippen MR) is 159 cm³/mol. The summed E-state index contributed by atoms with van der Waals surface area (Å²) in [6, 6.07) is 18.3. The van der Waals surface area contributed by atoms with Crippen molar-refractivity contribution < 1.29 is 23.9 Å². The van der Waals surface area contributed by atoms with E-state index in [1.807, 2.05) is 44.2 Å². The number of rotatable bonds is 9. The smallest absolute Gasteiger partial charge is 0.294 e. The third kappa shape index (κ3) is 7.09. The molecule has 1 heterocycles. The van der Waals surface area contributed by atoms with E-state index in [9.17, 15) is 14.4 Å². The SMILES string of the molecule is CCOc1cc(/C=C2/SC(=O)N(CC(=O)Nc3ccc(C)cc3)C2=O)cc(I)c1OCc1ccc(Cl)cc1. The maximum absolute atomic E-state index is 13.0. The van der Waals surface area contributed by atoms with Crippen molar-refractivity contribution in [2.24, 2.45) is 0 Å². The maximum Gasteiger partial charge on any atom is 0.294 e. The first-order chi connectivity index (χ1) is 18.2. The van der Waals surface area contributed by atoms with E-state index in [0.717, 1.165) is 31.4 Å². The predicted octanol–water partition coefficient (Wildman–Crippen LogP) is 6.91. The van der Waals surface area contributed by atoms with Crippen LogP contribution in [0.2, 0.25) is 5.02 Å². The molecule has 1 saturated heterocycles. The van der Waals surface area contributed by atoms with Crippen LogP contribution in [0, 0.1) is 10.5 Å². The van der Waals surface area contributed by atoms with Crippen molar-refractivity contribution in [3.63, 3.8) is 0 Å². The number of hydrogen-bond donors (Lipinski definition) is 1. The van der Waals surface area contributed by atoms with Gasteiger partial charge in [0, 0.05) is 10.7 Å². The van der Waals surface area contributed by atoms with Crippen LogP contribution in [0.25, 0.3) is 6.08 Å². The van der Waals surface area contributed by atoms with E-state index in [1.165, 1.54) is 0 Å². The lowest BCUT2D eigenvalue weighted by Crippen LogP contribution is -2.36. The minimum atomic E-state index is -0.518. The fourth-order valence-electron chi connectivity index (χ4n) is 3.58. The number of ether oxygens (including phenoxy) is 2. The van der Waals surface area contributed by atoms with Crippen LogP contribution in [0.3, 0.4) is 0 Å². The summed E-state index contributed by atoms with van der Waals surface area (Å²) >= 11 is 8.91. The van der Waals surface area contributed by atoms with Crippen LogP contribution in [-0.4, -0.2) is 35.1 Å². The number of thioether (sulfide) groups is 1. The number of aryl methyl sites for hydroxylation is 1. The monoisotopic (exact) mass is 662 g/mol. The Morgan fingerprint density at radius 1 is 1.08 bits per heavy atom. The lowest BCUT2D eigenvalue weighted by atomic mass is 10.1. The Hall–Kier alpha value is -3.02. The molecule has 3 aromatic carbocycles. The molecule has 0 bridgehead atoms. The third-order valence-electron chi connectivity index (χ3n) is 5.44. The summed E-state index contributed by atoms with van der Waals surface area (Å²) in [4.78, 5) is 39.1. The van der Waals surface area contributed by atoms with E-state index in [-0.39, 0.29) is 11.4 Å². The Bertz CT molecular complexity index is 1390. The highest BCUT2D eigenvalue weighted by molar-refractivity contribution is 14.1. The van der Waals surface area contributed by atoms with Crippen LogP contribution < -0.4 is 14.8 Å². The number of carbonyl (C=O) groups excluding carboxylic acids is 3. The van der Waals surface area contributed by atoms with Crippen LogP contribution in [-0.2, 0) is 16.2 Å². The highest BCUT2D eigenvalue weighted by Crippen LogP contribution is 2.38. The number of anilines is 1. The zero-order chi connectivity index (χ0) is 27.2. The van der Waals surface area contributed by atoms with E-state index in [1.54, 1.807) is 36.4 Å². The van der Waals surface area contributed by atoms with Gasteiger partial charge in [-0.15, -0.1) is 0 Å². The van der Waals surface area contributed by atoms with Gasteiger partial charge in [-0.2, -0.15) is 0 Å². The largest absolute Gasteiger partial charge is 0.490 e. The molecule has 4 rings (SSSR count). The summed E-state index contributed by atoms with van der Waals surface area (Å²) < 4.78 is 12.6. The van der Waals surface area contributed by atoms with Crippen molar-refractivity contribution in [3.8, 4) is 11.5 Å². The number of carbonyl (C=O) groups is 3. The molecular weight excluding hydrogens is 639 g/mol. The summed E-state index contributed by atoms with van der Waals surface area (Å²) in [6.07, 6.45) is 1.62. The Morgan fingerprint density at radius 2 is 1.79 bits per heavy atom. The van der Waals surface area contributed by atoms with Crippen molar-refractivity contribution in [2.75, 3.05) is 18.5 Å². The number of amides is 3. The molecule has 0 aromatic heterocycles. The second-order valence-electron chi connectivity index (χ2n) is 8.36. The Morgan fingerprint density at radius 3 is 2.47 bits per heavy atom. The van der Waals surface area contributed by atoms with E-state index >= 15 is 0 Å². The standard InChI is InChI=1S/C28H24ClIN2O5S/c1-3-36-23-13-19(12-22(30)26(23)37-16-18-6-8-20(29)9-7-18)14-24-27(34)32(28(35)38-24)15-25(33)31-21-10-4-17(2)5-11-21/h4-14H,3,15-16H2,1-2H3,(H,31,33)/b24-14+. The molecule has 1 aliphatic heterocycles. The van der Waals surface area contributed by atoms with Gasteiger partial charge in [0.05, 0.1) is 15.1 Å². The second-order valence-corrected chi connectivity index (χ2v) is 11.0. The molecule has 0 atom stereocenters. The lowest BCUT2D eigenvalue weighted by Gasteiger charge is -2.15. The van der Waals surface area contributed by atoms with Gasteiger partial charge in [0.25, 0.3) is 11.1 Å². The molecule has 10 heteroatoms. The molecule has 0 aliphatic carbocycles. The first kappa shape index (κ1) is 28.0. The molecule has 0 radical (unpaired) electrons. The lowest BCUT2D eigenvalue weighted by molar-refractivity contribution is -0.127. The van der Waals surface area contributed by atoms with Gasteiger partial charge in [-0.3, -0.25) is 19.3 Å². The quantitative estimate of drug-likeness (QED) is 0.198. The molecule has 3 aromatic rings. The Kier molecular flexibility index (Phi) is 9.35. The van der Waals surface area contributed by atoms with Crippen molar-refractivity contribution in [1.29, 1.82) is 0 Å². The zero-order valence-corrected chi connectivity index (χ0v) is 24.4. The highest BCUT2D eigenvalue weighted by atomic mass is 127. The molecule has 0 spiro atoms. The molecule has 1 fully saturated rings. The van der Waals surface area contributed by atoms with Crippen LogP contribution in [0.15, 0.2) is 65.6 Å². The summed E-state index contributed by atoms with van der Waals surface area (Å²) in [5.41, 5.74) is 3.28. The maximum atomic E-state index is 13.0. The van der Waals surface area contributed by atoms with Gasteiger partial charge in [-0.25, -0.2) is 0 Å². The van der Waals surface area contributed by atoms with Crippen molar-refractivity contribution >= 4 is 74.8 Å². The van der Waals surface area contributed by atoms with Gasteiger partial charge in [0.2, 0.25) is 5.91 Å². The first-order valence-electron chi connectivity index (χ1n) is 11.7. The molecular formula is C28H24ClIN2O5S. The number of halogens is 2. The van der Waals surface area contributed by atoms with Gasteiger partial charge in [-0.05, 0) is 102 Å². The third-order valence-corrected chi connectivity index (χ3v) is 7.40. The molecule has 1 N–H and O–H groups in total. The van der Waals surface area contributed by atoms with Gasteiger partial charge in [-0.1, -0.05) is 41.4 Å². The molecule has 0 unspecified atom stereocenters. The van der Waals surface area contributed by atoms with Crippen LogP contribution in [0.1, 0.15) is 23.6 Å². The van der Waals surface area contributed by atoms with Gasteiger partial charge in [0.15, 0.2) is 11.5 Å². The number of imide groups is 1. The van der Waals surface area contributed by atoms with E-state index < -0.39 is 17.1 Å². The molecule has 7 nitrogen and oxygen atoms in total. The number of benzene rings is 3. The summed E-state index contributed by atoms with van der Waals surface area (Å²) in [5.74, 6) is 0.139. The zero-order valence-electron chi connectivity index (χ0n) is 20.6. The fraction of sp³-hybridized carbons (Fsp3) is 0.179. The molecule has 0 saturated carbocycles. The van der Waals surface area contributed by atoms with E-state index in [2.05, 4.69) is 27.9 Å². The van der Waals surface area contributed by atoms with Gasteiger partial charge >= 0.3 is 0 Å². The average molecular weight is 663 g/mol. The summed E-state index contributed by atoms with van der Waals surface area (Å²) in [6.45, 7) is 4.20. The number of hydrogen-bond acceptors (Lipinski definition) is 6. The highest BCUT2D eigenvalue weighted by Gasteiger charge is 2.36. The van der Waals surface area contributed by atoms with Gasteiger partial charge in [0.1, 0.15) is 13.2 Å². The topological polar surface area (TPSA) is 84.9 Å². The number of nitrogens with one attached hydrogen (secondary N) is 1. The number of nitrogens with zero attached hydrogens (tertiary/aromatic N) is 1. The molecule has 38 heavy (non-hydrogen) atoms. The minimum absolute atomic E-state index is 0.228. The van der Waals surface area contributed by atoms with Crippen LogP contribution in [0.5, 0.6) is 11.5 Å². The summed E-state index contributed by atoms with van der Waals surface area (Å²) in [5, 5.41) is 2.87. The first-order valence-corrected chi connectivity index (χ1v) is 14.0. The Balaban J connectivity index is 1.48. The van der Waals surface area contributed by atoms with Crippen LogP contribution >= 0.6 is 46.0 Å². The van der Waals surface area contributed by atoms with Crippen LogP contribution in [0.4, 0.5) is 10.5 Å². The summed E-state index contributed by atoms with van der Waals surface area (Å²) in [7, 11) is 0. The van der Waals surface area contributed by atoms with E-state index in [0.29, 0.717) is 41.0 Å². The fourth-order valence-corrected chi connectivity index (χ4v) is 5.32. The molecule has 196 valence electrons. The van der Waals surface area contributed by atoms with E-state index in [4.69, 9.17) is 21.1 Å². The normalized spacial score (nSPS) is 14.2. The second kappa shape index (κ2) is 12.7. The average Bonchev–Trinajstić information content (AvgIpc) is 3.13. The minimum Gasteiger partial charge on any atom is -0.490 e. The molecule has 1 aliphatic rings. The Labute approximate surface area is 243 Å². The van der Waals surface area contributed by atoms with Crippen molar-refractivity contribution in [1.82, 2.24) is 4.90 Å².